The van der Waals surface area contributed by atoms with Crippen molar-refractivity contribution < 1.29 is 25.2 Å². The zero-order chi connectivity index (χ0) is 17.0. The van der Waals surface area contributed by atoms with Crippen molar-refractivity contribution in [3.63, 3.8) is 0 Å². The summed E-state index contributed by atoms with van der Waals surface area (Å²) in [6.45, 7) is 5.63. The first-order valence-electron chi connectivity index (χ1n) is 7.84. The summed E-state index contributed by atoms with van der Waals surface area (Å²) in [5.41, 5.74) is 0.373. The lowest BCUT2D eigenvalue weighted by Gasteiger charge is -2.39. The van der Waals surface area contributed by atoms with E-state index in [9.17, 15) is 20.4 Å². The lowest BCUT2D eigenvalue weighted by atomic mass is 10.0. The molecule has 130 valence electrons. The number of ether oxygens (including phenoxy) is 1. The largest absolute Gasteiger partial charge is 0.394 e. The van der Waals surface area contributed by atoms with E-state index in [2.05, 4.69) is 18.7 Å². The van der Waals surface area contributed by atoms with Crippen molar-refractivity contribution in [2.24, 2.45) is 0 Å². The number of thioether (sulfide) groups is 1. The minimum Gasteiger partial charge on any atom is -0.394 e. The number of anilines is 1. The molecule has 0 amide bonds. The minimum atomic E-state index is -1.34. The molecular weight excluding hydrogens is 318 g/mol. The van der Waals surface area contributed by atoms with Gasteiger partial charge in [-0.3, -0.25) is 0 Å². The second kappa shape index (κ2) is 8.32. The molecule has 0 radical (unpaired) electrons. The van der Waals surface area contributed by atoms with Crippen LogP contribution in [-0.4, -0.2) is 70.0 Å². The highest BCUT2D eigenvalue weighted by molar-refractivity contribution is 7.99. The van der Waals surface area contributed by atoms with E-state index in [1.807, 2.05) is 24.3 Å². The number of hydrogen-bond acceptors (Lipinski definition) is 7. The Balaban J connectivity index is 2.06. The maximum Gasteiger partial charge on any atom is 0.136 e. The van der Waals surface area contributed by atoms with Crippen molar-refractivity contribution in [3.05, 3.63) is 24.3 Å². The molecule has 1 aromatic carbocycles. The van der Waals surface area contributed by atoms with Gasteiger partial charge in [-0.1, -0.05) is 11.8 Å². The van der Waals surface area contributed by atoms with E-state index < -0.39 is 36.5 Å². The Labute approximate surface area is 140 Å². The second-order valence-corrected chi connectivity index (χ2v) is 6.65. The number of benzene rings is 1. The molecule has 2 rings (SSSR count). The molecule has 4 N–H and O–H groups in total. The van der Waals surface area contributed by atoms with Crippen LogP contribution in [0.5, 0.6) is 0 Å². The fourth-order valence-corrected chi connectivity index (χ4v) is 3.68. The van der Waals surface area contributed by atoms with Crippen molar-refractivity contribution >= 4 is 17.4 Å². The van der Waals surface area contributed by atoms with Gasteiger partial charge >= 0.3 is 0 Å². The summed E-state index contributed by atoms with van der Waals surface area (Å²) >= 11 is 1.26. The summed E-state index contributed by atoms with van der Waals surface area (Å²) in [6, 6.07) is 7.86. The first-order valence-corrected chi connectivity index (χ1v) is 8.71. The average Bonchev–Trinajstić information content (AvgIpc) is 2.58. The summed E-state index contributed by atoms with van der Waals surface area (Å²) in [6.07, 6.45) is -4.76. The molecule has 1 heterocycles. The summed E-state index contributed by atoms with van der Waals surface area (Å²) in [7, 11) is 0. The quantitative estimate of drug-likeness (QED) is 0.595. The van der Waals surface area contributed by atoms with Crippen LogP contribution in [-0.2, 0) is 4.74 Å². The molecule has 0 aliphatic carbocycles. The third-order valence-corrected chi connectivity index (χ3v) is 5.23. The molecule has 5 atom stereocenters. The van der Waals surface area contributed by atoms with Gasteiger partial charge in [0.1, 0.15) is 29.9 Å². The van der Waals surface area contributed by atoms with Gasteiger partial charge in [-0.2, -0.15) is 0 Å². The van der Waals surface area contributed by atoms with Crippen LogP contribution < -0.4 is 4.90 Å². The highest BCUT2D eigenvalue weighted by Gasteiger charge is 2.43. The van der Waals surface area contributed by atoms with Crippen molar-refractivity contribution in [3.8, 4) is 0 Å². The fourth-order valence-electron chi connectivity index (χ4n) is 2.62. The van der Waals surface area contributed by atoms with Crippen molar-refractivity contribution in [1.29, 1.82) is 0 Å². The number of aliphatic hydroxyl groups is 4. The Hall–Kier alpha value is -0.830. The van der Waals surface area contributed by atoms with Gasteiger partial charge in [0.05, 0.1) is 6.61 Å². The molecule has 0 spiro atoms. The lowest BCUT2D eigenvalue weighted by Crippen LogP contribution is -2.57. The van der Waals surface area contributed by atoms with E-state index in [1.54, 1.807) is 0 Å². The number of hydrogen-bond donors (Lipinski definition) is 4. The van der Waals surface area contributed by atoms with Crippen molar-refractivity contribution in [2.75, 3.05) is 24.6 Å². The molecule has 23 heavy (non-hydrogen) atoms. The van der Waals surface area contributed by atoms with E-state index >= 15 is 0 Å². The van der Waals surface area contributed by atoms with E-state index in [0.29, 0.717) is 0 Å². The van der Waals surface area contributed by atoms with Gasteiger partial charge in [0.2, 0.25) is 0 Å². The predicted octanol–water partition coefficient (Wildman–Crippen LogP) is 0.425. The molecule has 0 bridgehead atoms. The Morgan fingerprint density at radius 3 is 2.13 bits per heavy atom. The highest BCUT2D eigenvalue weighted by Crippen LogP contribution is 2.34. The van der Waals surface area contributed by atoms with Crippen LogP contribution in [0.1, 0.15) is 13.8 Å². The van der Waals surface area contributed by atoms with E-state index in [4.69, 9.17) is 4.74 Å². The van der Waals surface area contributed by atoms with Gasteiger partial charge < -0.3 is 30.1 Å². The number of rotatable bonds is 6. The van der Waals surface area contributed by atoms with Crippen LogP contribution in [0.15, 0.2) is 29.2 Å². The molecule has 5 unspecified atom stereocenters. The summed E-state index contributed by atoms with van der Waals surface area (Å²) in [5.74, 6) is 0. The van der Waals surface area contributed by atoms with Crippen LogP contribution >= 0.6 is 11.8 Å². The lowest BCUT2D eigenvalue weighted by molar-refractivity contribution is -0.205. The van der Waals surface area contributed by atoms with Gasteiger partial charge in [-0.05, 0) is 38.1 Å². The SMILES string of the molecule is CCN(CC)c1ccc(SC2OC(CO)C(O)C(O)C2O)cc1. The van der Waals surface area contributed by atoms with Crippen LogP contribution in [0.2, 0.25) is 0 Å². The highest BCUT2D eigenvalue weighted by atomic mass is 32.2. The average molecular weight is 343 g/mol. The first-order chi connectivity index (χ1) is 11.0. The predicted molar refractivity (Wildman–Crippen MR) is 89.6 cm³/mol. The number of aliphatic hydroxyl groups excluding tert-OH is 4. The van der Waals surface area contributed by atoms with Gasteiger partial charge in [0.15, 0.2) is 0 Å². The molecule has 7 heteroatoms. The van der Waals surface area contributed by atoms with Gasteiger partial charge in [-0.25, -0.2) is 0 Å². The molecule has 1 aromatic rings. The molecule has 0 saturated carbocycles. The van der Waals surface area contributed by atoms with Crippen LogP contribution in [0, 0.1) is 0 Å². The molecule has 1 aliphatic rings. The topological polar surface area (TPSA) is 93.4 Å². The zero-order valence-corrected chi connectivity index (χ0v) is 14.2. The van der Waals surface area contributed by atoms with Gasteiger partial charge in [0.25, 0.3) is 0 Å². The maximum atomic E-state index is 10.1. The zero-order valence-electron chi connectivity index (χ0n) is 13.4. The molecule has 6 nitrogen and oxygen atoms in total. The number of nitrogens with zero attached hydrogens (tertiary/aromatic N) is 1. The Morgan fingerprint density at radius 1 is 1.00 bits per heavy atom. The molecule has 0 aromatic heterocycles. The Morgan fingerprint density at radius 2 is 1.61 bits per heavy atom. The first kappa shape index (κ1) is 18.5. The van der Waals surface area contributed by atoms with Crippen LogP contribution in [0.4, 0.5) is 5.69 Å². The Bertz CT molecular complexity index is 480. The van der Waals surface area contributed by atoms with Crippen molar-refractivity contribution in [2.45, 2.75) is 48.6 Å². The standard InChI is InChI=1S/C16H25NO5S/c1-3-17(4-2)10-5-7-11(8-6-10)23-16-15(21)14(20)13(19)12(9-18)22-16/h5-8,12-16,18-21H,3-4,9H2,1-2H3. The molecule has 1 fully saturated rings. The minimum absolute atomic E-state index is 0.414. The van der Waals surface area contributed by atoms with Gasteiger partial charge in [-0.15, -0.1) is 0 Å². The Kier molecular flexibility index (Phi) is 6.70. The van der Waals surface area contributed by atoms with Crippen LogP contribution in [0.25, 0.3) is 0 Å². The van der Waals surface area contributed by atoms with E-state index in [1.165, 1.54) is 11.8 Å². The fraction of sp³-hybridized carbons (Fsp3) is 0.625. The monoisotopic (exact) mass is 343 g/mol. The third-order valence-electron chi connectivity index (χ3n) is 4.07. The smallest absolute Gasteiger partial charge is 0.136 e. The molecular formula is C16H25NO5S. The van der Waals surface area contributed by atoms with E-state index in [-0.39, 0.29) is 0 Å². The summed E-state index contributed by atoms with van der Waals surface area (Å²) < 4.78 is 5.50. The van der Waals surface area contributed by atoms with Crippen molar-refractivity contribution in [1.82, 2.24) is 0 Å². The third kappa shape index (κ3) is 4.17. The summed E-state index contributed by atoms with van der Waals surface area (Å²) in [4.78, 5) is 3.10. The molecule has 1 aliphatic heterocycles. The van der Waals surface area contributed by atoms with Gasteiger partial charge in [0, 0.05) is 23.7 Å². The van der Waals surface area contributed by atoms with Crippen LogP contribution in [0.3, 0.4) is 0 Å². The molecule has 1 saturated heterocycles. The summed E-state index contributed by atoms with van der Waals surface area (Å²) in [5, 5.41) is 38.9. The van der Waals surface area contributed by atoms with E-state index in [0.717, 1.165) is 23.7 Å². The second-order valence-electron chi connectivity index (χ2n) is 5.48. The normalized spacial score (nSPS) is 31.1. The maximum absolute atomic E-state index is 10.1.